The second-order valence-electron chi connectivity index (χ2n) is 3.51. The van der Waals surface area contributed by atoms with Crippen LogP contribution in [0.2, 0.25) is 0 Å². The molecule has 1 aliphatic heterocycles. The Morgan fingerprint density at radius 2 is 2.13 bits per heavy atom. The van der Waals surface area contributed by atoms with Crippen molar-refractivity contribution in [1.82, 2.24) is 0 Å². The Morgan fingerprint density at radius 1 is 1.27 bits per heavy atom. The summed E-state index contributed by atoms with van der Waals surface area (Å²) in [4.78, 5) is 0. The summed E-state index contributed by atoms with van der Waals surface area (Å²) in [6.45, 7) is 0.786. The molecule has 2 nitrogen and oxygen atoms in total. The molecular formula is C12H15NOS. The van der Waals surface area contributed by atoms with Crippen molar-refractivity contribution in [1.29, 1.82) is 0 Å². The molecule has 0 N–H and O–H groups in total. The van der Waals surface area contributed by atoms with Crippen LogP contribution in [0.25, 0.3) is 0 Å². The van der Waals surface area contributed by atoms with E-state index in [-0.39, 0.29) is 0 Å². The first-order chi connectivity index (χ1) is 7.45. The highest BCUT2D eigenvalue weighted by atomic mass is 32.2. The lowest BCUT2D eigenvalue weighted by Gasteiger charge is -2.04. The molecule has 0 saturated carbocycles. The molecule has 0 radical (unpaired) electrons. The zero-order valence-electron chi connectivity index (χ0n) is 8.69. The van der Waals surface area contributed by atoms with Gasteiger partial charge in [-0.25, -0.2) is 0 Å². The summed E-state index contributed by atoms with van der Waals surface area (Å²) in [6.07, 6.45) is 3.14. The summed E-state index contributed by atoms with van der Waals surface area (Å²) in [7, 11) is 0. The number of aryl methyl sites for hydroxylation is 1. The smallest absolute Gasteiger partial charge is 0.195 e. The van der Waals surface area contributed by atoms with Gasteiger partial charge in [0.1, 0.15) is 0 Å². The van der Waals surface area contributed by atoms with Crippen LogP contribution in [0.3, 0.4) is 0 Å². The molecule has 2 rings (SSSR count). The lowest BCUT2D eigenvalue weighted by molar-refractivity contribution is 0.293. The average molecular weight is 221 g/mol. The van der Waals surface area contributed by atoms with Crippen molar-refractivity contribution in [2.45, 2.75) is 19.3 Å². The molecule has 15 heavy (non-hydrogen) atoms. The van der Waals surface area contributed by atoms with Gasteiger partial charge in [-0.2, -0.15) is 4.40 Å². The maximum Gasteiger partial charge on any atom is 0.195 e. The van der Waals surface area contributed by atoms with Crippen LogP contribution in [-0.2, 0) is 11.2 Å². The molecule has 0 spiro atoms. The topological polar surface area (TPSA) is 21.6 Å². The Balaban J connectivity index is 1.63. The Bertz CT molecular complexity index is 324. The van der Waals surface area contributed by atoms with E-state index < -0.39 is 0 Å². The minimum absolute atomic E-state index is 0.786. The van der Waals surface area contributed by atoms with Crippen molar-refractivity contribution >= 4 is 17.8 Å². The van der Waals surface area contributed by atoms with Crippen LogP contribution >= 0.6 is 11.9 Å². The van der Waals surface area contributed by atoms with Gasteiger partial charge >= 0.3 is 0 Å². The third kappa shape index (κ3) is 3.59. The van der Waals surface area contributed by atoms with Gasteiger partial charge < -0.3 is 4.74 Å². The van der Waals surface area contributed by atoms with Crippen molar-refractivity contribution in [3.8, 4) is 0 Å². The van der Waals surface area contributed by atoms with E-state index in [1.54, 1.807) is 11.9 Å². The fourth-order valence-corrected chi connectivity index (χ4v) is 2.15. The largest absolute Gasteiger partial charge is 0.480 e. The fourth-order valence-electron chi connectivity index (χ4n) is 1.51. The first-order valence-corrected chi connectivity index (χ1v) is 6.25. The van der Waals surface area contributed by atoms with Gasteiger partial charge in [-0.1, -0.05) is 30.3 Å². The van der Waals surface area contributed by atoms with Crippen LogP contribution in [0.5, 0.6) is 0 Å². The first-order valence-electron chi connectivity index (χ1n) is 5.31. The molecule has 0 bridgehead atoms. The van der Waals surface area contributed by atoms with Crippen molar-refractivity contribution in [3.05, 3.63) is 35.9 Å². The Hall–Kier alpha value is -0.960. The van der Waals surface area contributed by atoms with Crippen molar-refractivity contribution in [2.75, 3.05) is 12.4 Å². The minimum atomic E-state index is 0.786. The highest BCUT2D eigenvalue weighted by Crippen LogP contribution is 2.15. The maximum absolute atomic E-state index is 5.55. The van der Waals surface area contributed by atoms with Gasteiger partial charge in [-0.3, -0.25) is 0 Å². The van der Waals surface area contributed by atoms with Crippen molar-refractivity contribution < 1.29 is 4.74 Å². The maximum atomic E-state index is 5.55. The average Bonchev–Trinajstić information content (AvgIpc) is 2.79. The second kappa shape index (κ2) is 5.81. The second-order valence-corrected chi connectivity index (χ2v) is 4.35. The number of hydrogen-bond acceptors (Lipinski definition) is 3. The molecule has 3 heteroatoms. The molecule has 0 atom stereocenters. The predicted octanol–water partition coefficient (Wildman–Crippen LogP) is 3.09. The molecule has 0 aromatic heterocycles. The molecule has 1 aromatic rings. The Labute approximate surface area is 94.9 Å². The fraction of sp³-hybridized carbons (Fsp3) is 0.417. The van der Waals surface area contributed by atoms with Crippen LogP contribution in [0.15, 0.2) is 34.7 Å². The van der Waals surface area contributed by atoms with E-state index in [0.717, 1.165) is 37.5 Å². The van der Waals surface area contributed by atoms with Crippen molar-refractivity contribution in [3.63, 3.8) is 0 Å². The van der Waals surface area contributed by atoms with Gasteiger partial charge in [0, 0.05) is 12.2 Å². The Morgan fingerprint density at radius 3 is 2.87 bits per heavy atom. The molecule has 0 aliphatic carbocycles. The molecule has 1 aromatic carbocycles. The van der Waals surface area contributed by atoms with E-state index in [2.05, 4.69) is 28.7 Å². The van der Waals surface area contributed by atoms with E-state index in [0.29, 0.717) is 0 Å². The number of ether oxygens (including phenoxy) is 1. The van der Waals surface area contributed by atoms with Crippen LogP contribution in [0, 0.1) is 0 Å². The summed E-state index contributed by atoms with van der Waals surface area (Å²) in [5, 5.41) is 0. The SMILES string of the molecule is c1ccc(CCCOC2=NSCC2)cc1. The highest BCUT2D eigenvalue weighted by Gasteiger charge is 2.07. The van der Waals surface area contributed by atoms with Crippen LogP contribution in [0.4, 0.5) is 0 Å². The van der Waals surface area contributed by atoms with E-state index >= 15 is 0 Å². The van der Waals surface area contributed by atoms with E-state index in [1.807, 2.05) is 6.07 Å². The third-order valence-corrected chi connectivity index (χ3v) is 3.01. The highest BCUT2D eigenvalue weighted by molar-refractivity contribution is 7.98. The van der Waals surface area contributed by atoms with Gasteiger partial charge in [-0.15, -0.1) is 0 Å². The van der Waals surface area contributed by atoms with Crippen LogP contribution < -0.4 is 0 Å². The quantitative estimate of drug-likeness (QED) is 0.575. The summed E-state index contributed by atoms with van der Waals surface area (Å²) in [6, 6.07) is 10.5. The van der Waals surface area contributed by atoms with Gasteiger partial charge in [0.15, 0.2) is 5.90 Å². The lowest BCUT2D eigenvalue weighted by atomic mass is 10.1. The number of hydrogen-bond donors (Lipinski definition) is 0. The molecular weight excluding hydrogens is 206 g/mol. The summed E-state index contributed by atoms with van der Waals surface area (Å²) >= 11 is 1.60. The normalized spacial score (nSPS) is 15.1. The van der Waals surface area contributed by atoms with Crippen LogP contribution in [-0.4, -0.2) is 18.3 Å². The van der Waals surface area contributed by atoms with Gasteiger partial charge in [0.05, 0.1) is 6.61 Å². The Kier molecular flexibility index (Phi) is 4.09. The molecule has 0 amide bonds. The molecule has 1 heterocycles. The number of nitrogens with zero attached hydrogens (tertiary/aromatic N) is 1. The molecule has 0 unspecified atom stereocenters. The van der Waals surface area contributed by atoms with Gasteiger partial charge in [-0.05, 0) is 30.4 Å². The standard InChI is InChI=1S/C12H15NOS/c1-2-5-11(6-3-1)7-4-9-14-12-8-10-15-13-12/h1-3,5-6H,4,7-10H2. The molecule has 80 valence electrons. The minimum Gasteiger partial charge on any atom is -0.480 e. The van der Waals surface area contributed by atoms with E-state index in [1.165, 1.54) is 5.56 Å². The lowest BCUT2D eigenvalue weighted by Crippen LogP contribution is -2.04. The predicted molar refractivity (Wildman–Crippen MR) is 65.2 cm³/mol. The molecule has 0 fully saturated rings. The number of benzene rings is 1. The zero-order valence-corrected chi connectivity index (χ0v) is 9.50. The molecule has 0 saturated heterocycles. The van der Waals surface area contributed by atoms with Gasteiger partial charge in [0.25, 0.3) is 0 Å². The number of rotatable bonds is 4. The zero-order chi connectivity index (χ0) is 10.3. The van der Waals surface area contributed by atoms with E-state index in [9.17, 15) is 0 Å². The summed E-state index contributed by atoms with van der Waals surface area (Å²) < 4.78 is 9.75. The van der Waals surface area contributed by atoms with Gasteiger partial charge in [0.2, 0.25) is 0 Å². The monoisotopic (exact) mass is 221 g/mol. The van der Waals surface area contributed by atoms with Crippen molar-refractivity contribution in [2.24, 2.45) is 4.40 Å². The summed E-state index contributed by atoms with van der Waals surface area (Å²) in [5.74, 6) is 2.00. The van der Waals surface area contributed by atoms with Crippen LogP contribution in [0.1, 0.15) is 18.4 Å². The van der Waals surface area contributed by atoms with E-state index in [4.69, 9.17) is 4.74 Å². The third-order valence-electron chi connectivity index (χ3n) is 2.29. The molecule has 1 aliphatic rings. The first kappa shape index (κ1) is 10.6. The summed E-state index contributed by atoms with van der Waals surface area (Å²) in [5.41, 5.74) is 1.38.